The molecule has 24 heavy (non-hydrogen) atoms. The number of carbonyl (C=O) groups is 3. The third kappa shape index (κ3) is 2.13. The van der Waals surface area contributed by atoms with E-state index in [0.717, 1.165) is 10.5 Å². The molecule has 0 aliphatic carbocycles. The van der Waals surface area contributed by atoms with Crippen LogP contribution in [0.15, 0.2) is 60.7 Å². The first kappa shape index (κ1) is 14.4. The summed E-state index contributed by atoms with van der Waals surface area (Å²) in [5, 5.41) is 2.74. The van der Waals surface area contributed by atoms with Crippen molar-refractivity contribution in [1.29, 1.82) is 0 Å². The molecule has 0 unspecified atom stereocenters. The zero-order valence-corrected chi connectivity index (χ0v) is 12.7. The van der Waals surface area contributed by atoms with Crippen molar-refractivity contribution in [2.45, 2.75) is 12.1 Å². The van der Waals surface area contributed by atoms with Crippen LogP contribution in [-0.2, 0) is 4.79 Å². The average molecular weight is 318 g/mol. The van der Waals surface area contributed by atoms with E-state index >= 15 is 0 Å². The number of benzene rings is 2. The number of nitrogens with zero attached hydrogens (tertiary/aromatic N) is 1. The minimum absolute atomic E-state index is 0.313. The fourth-order valence-corrected chi connectivity index (χ4v) is 3.07. The Morgan fingerprint density at radius 1 is 0.833 bits per heavy atom. The smallest absolute Gasteiger partial charge is 0.262 e. The summed E-state index contributed by atoms with van der Waals surface area (Å²) < 4.78 is 0. The predicted octanol–water partition coefficient (Wildman–Crippen LogP) is 1.86. The lowest BCUT2D eigenvalue weighted by Crippen LogP contribution is -2.69. The van der Waals surface area contributed by atoms with Crippen molar-refractivity contribution in [3.8, 4) is 0 Å². The number of β-lactam (4-membered cyclic amide) rings is 1. The first-order valence-electron chi connectivity index (χ1n) is 7.67. The van der Waals surface area contributed by atoms with Gasteiger partial charge in [0.05, 0.1) is 17.2 Å². The van der Waals surface area contributed by atoms with Crippen LogP contribution in [-0.4, -0.2) is 34.7 Å². The van der Waals surface area contributed by atoms with E-state index in [-0.39, 0.29) is 11.9 Å². The fourth-order valence-electron chi connectivity index (χ4n) is 3.07. The van der Waals surface area contributed by atoms with E-state index in [1.165, 1.54) is 0 Å². The lowest BCUT2D eigenvalue weighted by Gasteiger charge is -2.39. The number of rotatable bonds is 3. The standard InChI is InChI=1S/C19H14N2O3/c22-17-16(15(20-17)11-10-12-6-2-1-3-7-12)21-18(23)13-8-4-5-9-14(13)19(21)24/h1-11,15-16H,(H,20,22)/b11-10+/t15-,16+/m0/s1. The molecular weight excluding hydrogens is 304 g/mol. The molecule has 5 nitrogen and oxygen atoms in total. The number of nitrogens with one attached hydrogen (secondary N) is 1. The third-order valence-electron chi connectivity index (χ3n) is 4.32. The third-order valence-corrected chi connectivity index (χ3v) is 4.32. The number of hydrogen-bond acceptors (Lipinski definition) is 3. The molecule has 5 heteroatoms. The molecule has 4 rings (SSSR count). The molecule has 2 aliphatic heterocycles. The molecule has 0 radical (unpaired) electrons. The topological polar surface area (TPSA) is 66.5 Å². The molecule has 118 valence electrons. The van der Waals surface area contributed by atoms with Crippen LogP contribution in [0, 0.1) is 0 Å². The monoisotopic (exact) mass is 318 g/mol. The van der Waals surface area contributed by atoms with Crippen molar-refractivity contribution in [1.82, 2.24) is 10.2 Å². The molecule has 0 spiro atoms. The van der Waals surface area contributed by atoms with Gasteiger partial charge in [-0.15, -0.1) is 0 Å². The second-order valence-electron chi connectivity index (χ2n) is 5.77. The summed E-state index contributed by atoms with van der Waals surface area (Å²) in [5.74, 6) is -1.13. The van der Waals surface area contributed by atoms with Crippen molar-refractivity contribution in [2.24, 2.45) is 0 Å². The highest BCUT2D eigenvalue weighted by Gasteiger charge is 2.50. The van der Waals surface area contributed by atoms with E-state index in [0.29, 0.717) is 11.1 Å². The van der Waals surface area contributed by atoms with Gasteiger partial charge in [-0.3, -0.25) is 19.3 Å². The van der Waals surface area contributed by atoms with Gasteiger partial charge in [0.15, 0.2) is 0 Å². The Morgan fingerprint density at radius 3 is 2.00 bits per heavy atom. The molecule has 0 bridgehead atoms. The molecule has 2 aliphatic rings. The quantitative estimate of drug-likeness (QED) is 0.694. The summed E-state index contributed by atoms with van der Waals surface area (Å²) in [6.07, 6.45) is 3.68. The normalized spacial score (nSPS) is 22.5. The van der Waals surface area contributed by atoms with E-state index < -0.39 is 17.9 Å². The van der Waals surface area contributed by atoms with Crippen LogP contribution in [0.1, 0.15) is 26.3 Å². The van der Waals surface area contributed by atoms with Gasteiger partial charge in [0.1, 0.15) is 6.04 Å². The number of hydrogen-bond donors (Lipinski definition) is 1. The Labute approximate surface area is 138 Å². The Balaban J connectivity index is 1.60. The molecule has 0 aromatic heterocycles. The molecular formula is C19H14N2O3. The van der Waals surface area contributed by atoms with Crippen molar-refractivity contribution in [2.75, 3.05) is 0 Å². The van der Waals surface area contributed by atoms with Crippen LogP contribution < -0.4 is 5.32 Å². The van der Waals surface area contributed by atoms with Gasteiger partial charge in [-0.2, -0.15) is 0 Å². The number of amides is 3. The minimum atomic E-state index is -0.794. The summed E-state index contributed by atoms with van der Waals surface area (Å²) >= 11 is 0. The van der Waals surface area contributed by atoms with Gasteiger partial charge >= 0.3 is 0 Å². The second-order valence-corrected chi connectivity index (χ2v) is 5.77. The fraction of sp³-hybridized carbons (Fsp3) is 0.105. The lowest BCUT2D eigenvalue weighted by atomic mass is 9.96. The highest BCUT2D eigenvalue weighted by atomic mass is 16.2. The van der Waals surface area contributed by atoms with Crippen LogP contribution in [0.2, 0.25) is 0 Å². The zero-order chi connectivity index (χ0) is 16.7. The molecule has 2 atom stereocenters. The summed E-state index contributed by atoms with van der Waals surface area (Å²) in [6.45, 7) is 0. The maximum absolute atomic E-state index is 12.5. The van der Waals surface area contributed by atoms with Gasteiger partial charge in [0, 0.05) is 0 Å². The Bertz CT molecular complexity index is 838. The Kier molecular flexibility index (Phi) is 3.27. The molecule has 2 aromatic carbocycles. The second kappa shape index (κ2) is 5.45. The van der Waals surface area contributed by atoms with E-state index in [9.17, 15) is 14.4 Å². The van der Waals surface area contributed by atoms with Crippen molar-refractivity contribution >= 4 is 23.8 Å². The Morgan fingerprint density at radius 2 is 1.42 bits per heavy atom. The van der Waals surface area contributed by atoms with Crippen LogP contribution in [0.5, 0.6) is 0 Å². The Hall–Kier alpha value is -3.21. The van der Waals surface area contributed by atoms with Gasteiger partial charge in [-0.1, -0.05) is 54.6 Å². The van der Waals surface area contributed by atoms with Gasteiger partial charge in [0.25, 0.3) is 11.8 Å². The highest BCUT2D eigenvalue weighted by molar-refractivity contribution is 6.23. The van der Waals surface area contributed by atoms with Crippen LogP contribution in [0.3, 0.4) is 0 Å². The van der Waals surface area contributed by atoms with Gasteiger partial charge < -0.3 is 5.32 Å². The molecule has 2 heterocycles. The van der Waals surface area contributed by atoms with E-state index in [4.69, 9.17) is 0 Å². The van der Waals surface area contributed by atoms with Crippen LogP contribution in [0.25, 0.3) is 6.08 Å². The van der Waals surface area contributed by atoms with Crippen molar-refractivity contribution in [3.63, 3.8) is 0 Å². The molecule has 2 aromatic rings. The summed E-state index contributed by atoms with van der Waals surface area (Å²) in [7, 11) is 0. The molecule has 0 saturated carbocycles. The van der Waals surface area contributed by atoms with Crippen molar-refractivity contribution < 1.29 is 14.4 Å². The number of carbonyl (C=O) groups excluding carboxylic acids is 3. The van der Waals surface area contributed by atoms with Gasteiger partial charge in [-0.05, 0) is 17.7 Å². The SMILES string of the molecule is O=C1N[C@@H](/C=C/c2ccccc2)[C@H]1N1C(=O)c2ccccc2C1=O. The van der Waals surface area contributed by atoms with Crippen LogP contribution >= 0.6 is 0 Å². The minimum Gasteiger partial charge on any atom is -0.345 e. The van der Waals surface area contributed by atoms with E-state index in [1.807, 2.05) is 42.5 Å². The predicted molar refractivity (Wildman–Crippen MR) is 88.1 cm³/mol. The van der Waals surface area contributed by atoms with Crippen molar-refractivity contribution in [3.05, 3.63) is 77.4 Å². The van der Waals surface area contributed by atoms with Gasteiger partial charge in [-0.25, -0.2) is 0 Å². The first-order chi connectivity index (χ1) is 11.7. The molecule has 1 saturated heterocycles. The van der Waals surface area contributed by atoms with Gasteiger partial charge in [0.2, 0.25) is 5.91 Å². The zero-order valence-electron chi connectivity index (χ0n) is 12.7. The van der Waals surface area contributed by atoms with Crippen LogP contribution in [0.4, 0.5) is 0 Å². The maximum Gasteiger partial charge on any atom is 0.262 e. The molecule has 3 amide bonds. The van der Waals surface area contributed by atoms with E-state index in [1.54, 1.807) is 24.3 Å². The maximum atomic E-state index is 12.5. The largest absolute Gasteiger partial charge is 0.345 e. The first-order valence-corrected chi connectivity index (χ1v) is 7.67. The van der Waals surface area contributed by atoms with E-state index in [2.05, 4.69) is 5.32 Å². The lowest BCUT2D eigenvalue weighted by molar-refractivity contribution is -0.133. The summed E-state index contributed by atoms with van der Waals surface area (Å²) in [4.78, 5) is 38.1. The molecule has 1 N–H and O–H groups in total. The molecule has 1 fully saturated rings. The summed E-state index contributed by atoms with van der Waals surface area (Å²) in [5.41, 5.74) is 1.70. The summed E-state index contributed by atoms with van der Waals surface area (Å²) in [6, 6.07) is 15.1. The number of fused-ring (bicyclic) bond motifs is 1. The average Bonchev–Trinajstić information content (AvgIpc) is 2.85. The number of imide groups is 1. The highest BCUT2D eigenvalue weighted by Crippen LogP contribution is 2.28.